The number of nitrogen functional groups attached to an aromatic ring is 1. The number of imidazole rings is 1. The number of ether oxygens (including phenoxy) is 2. The van der Waals surface area contributed by atoms with Crippen molar-refractivity contribution in [2.45, 2.75) is 0 Å². The van der Waals surface area contributed by atoms with Crippen LogP contribution in [0.4, 0.5) is 5.82 Å². The second-order valence-electron chi connectivity index (χ2n) is 6.56. The van der Waals surface area contributed by atoms with Gasteiger partial charge in [0.25, 0.3) is 0 Å². The van der Waals surface area contributed by atoms with E-state index in [0.29, 0.717) is 33.7 Å². The Balaban J connectivity index is 0.000000203. The van der Waals surface area contributed by atoms with Crippen molar-refractivity contribution in [3.05, 3.63) is 65.5 Å². The third kappa shape index (κ3) is 3.76. The third-order valence-corrected chi connectivity index (χ3v) is 4.73. The number of phenols is 1. The summed E-state index contributed by atoms with van der Waals surface area (Å²) in [5, 5.41) is 10.1. The summed E-state index contributed by atoms with van der Waals surface area (Å²) in [5.74, 6) is 1.22. The second-order valence-corrected chi connectivity index (χ2v) is 6.56. The molecule has 5 aromatic rings. The fraction of sp³-hybridized carbons (Fsp3) is 0.0909. The lowest BCUT2D eigenvalue weighted by atomic mass is 10.1. The predicted molar refractivity (Wildman–Crippen MR) is 119 cm³/mol. The topological polar surface area (TPSA) is 149 Å². The van der Waals surface area contributed by atoms with Gasteiger partial charge in [-0.3, -0.25) is 4.79 Å². The van der Waals surface area contributed by atoms with Gasteiger partial charge in [-0.15, -0.1) is 0 Å². The lowest BCUT2D eigenvalue weighted by molar-refractivity contribution is 0.370. The molecule has 0 saturated heterocycles. The average molecular weight is 433 g/mol. The molecule has 162 valence electrons. The highest BCUT2D eigenvalue weighted by molar-refractivity contribution is 5.88. The van der Waals surface area contributed by atoms with Crippen molar-refractivity contribution < 1.29 is 19.0 Å². The molecular weight excluding hydrogens is 414 g/mol. The highest BCUT2D eigenvalue weighted by atomic mass is 16.5. The number of hydrogen-bond acceptors (Lipinski definition) is 9. The standard InChI is InChI=1S/C17H14O5.C5H5N5/c1-20-11-5-3-10(4-6-11)13-9-22-16-12(15(13)19)7-8-14(18)17(16)21-2;6-4-3-5(9-1-7-3)10-2-8-4/h3-9,18H,1-2H3;1-2H,(H3,6,7,8,9,10). The van der Waals surface area contributed by atoms with Gasteiger partial charge < -0.3 is 29.7 Å². The van der Waals surface area contributed by atoms with Crippen molar-refractivity contribution in [3.8, 4) is 28.4 Å². The molecule has 0 bridgehead atoms. The van der Waals surface area contributed by atoms with Gasteiger partial charge in [0.05, 0.1) is 31.5 Å². The van der Waals surface area contributed by atoms with Crippen molar-refractivity contribution in [1.82, 2.24) is 19.9 Å². The summed E-state index contributed by atoms with van der Waals surface area (Å²) >= 11 is 0. The molecule has 0 fully saturated rings. The van der Waals surface area contributed by atoms with E-state index in [4.69, 9.17) is 19.6 Å². The molecule has 0 atom stereocenters. The van der Waals surface area contributed by atoms with E-state index < -0.39 is 0 Å². The van der Waals surface area contributed by atoms with Gasteiger partial charge in [-0.2, -0.15) is 0 Å². The summed E-state index contributed by atoms with van der Waals surface area (Å²) in [6, 6.07) is 10.1. The Morgan fingerprint density at radius 1 is 1.03 bits per heavy atom. The largest absolute Gasteiger partial charge is 0.504 e. The number of methoxy groups -OCH3 is 2. The van der Waals surface area contributed by atoms with E-state index in [2.05, 4.69) is 19.9 Å². The summed E-state index contributed by atoms with van der Waals surface area (Å²) in [6.07, 6.45) is 4.29. The molecule has 3 aromatic heterocycles. The number of aromatic amines is 1. The summed E-state index contributed by atoms with van der Waals surface area (Å²) in [7, 11) is 2.99. The molecule has 3 heterocycles. The first-order valence-electron chi connectivity index (χ1n) is 9.39. The first kappa shape index (κ1) is 20.7. The molecule has 0 aliphatic heterocycles. The minimum atomic E-state index is -0.190. The van der Waals surface area contributed by atoms with E-state index in [0.717, 1.165) is 5.56 Å². The number of nitrogens with two attached hydrogens (primary N) is 1. The van der Waals surface area contributed by atoms with Crippen LogP contribution in [0.2, 0.25) is 0 Å². The molecule has 10 nitrogen and oxygen atoms in total. The first-order chi connectivity index (χ1) is 15.5. The number of aromatic nitrogens is 4. The number of phenolic OH excluding ortho intramolecular Hbond substituents is 1. The number of nitrogens with zero attached hydrogens (tertiary/aromatic N) is 3. The molecule has 10 heteroatoms. The number of nitrogens with one attached hydrogen (secondary N) is 1. The SMILES string of the molecule is COc1ccc(-c2coc3c(OC)c(O)ccc3c2=O)cc1.Nc1ncnc2nc[nH]c12. The minimum absolute atomic E-state index is 0.0738. The molecule has 0 unspecified atom stereocenters. The fourth-order valence-electron chi connectivity index (χ4n) is 3.12. The Labute approximate surface area is 181 Å². The van der Waals surface area contributed by atoms with Crippen LogP contribution >= 0.6 is 0 Å². The van der Waals surface area contributed by atoms with E-state index in [1.807, 2.05) is 0 Å². The molecule has 2 aromatic carbocycles. The summed E-state index contributed by atoms with van der Waals surface area (Å²) in [6.45, 7) is 0. The number of benzene rings is 2. The molecular formula is C22H19N5O5. The smallest absolute Gasteiger partial charge is 0.204 e. The number of rotatable bonds is 3. The first-order valence-corrected chi connectivity index (χ1v) is 9.39. The van der Waals surface area contributed by atoms with Crippen molar-refractivity contribution in [1.29, 1.82) is 0 Å². The molecule has 0 radical (unpaired) electrons. The van der Waals surface area contributed by atoms with Gasteiger partial charge in [0, 0.05) is 0 Å². The van der Waals surface area contributed by atoms with E-state index in [1.54, 1.807) is 31.4 Å². The lowest BCUT2D eigenvalue weighted by Gasteiger charge is -2.08. The lowest BCUT2D eigenvalue weighted by Crippen LogP contribution is -2.05. The van der Waals surface area contributed by atoms with E-state index in [9.17, 15) is 9.90 Å². The van der Waals surface area contributed by atoms with Crippen LogP contribution in [0.25, 0.3) is 33.3 Å². The Morgan fingerprint density at radius 2 is 1.81 bits per heavy atom. The maximum absolute atomic E-state index is 12.6. The Kier molecular flexibility index (Phi) is 5.58. The normalized spacial score (nSPS) is 10.6. The van der Waals surface area contributed by atoms with Crippen LogP contribution in [-0.4, -0.2) is 39.3 Å². The zero-order valence-corrected chi connectivity index (χ0v) is 17.2. The van der Waals surface area contributed by atoms with Crippen molar-refractivity contribution in [3.63, 3.8) is 0 Å². The quantitative estimate of drug-likeness (QED) is 0.390. The van der Waals surface area contributed by atoms with E-state index >= 15 is 0 Å². The number of fused-ring (bicyclic) bond motifs is 2. The van der Waals surface area contributed by atoms with Crippen molar-refractivity contribution in [2.24, 2.45) is 0 Å². The van der Waals surface area contributed by atoms with Gasteiger partial charge in [-0.25, -0.2) is 15.0 Å². The molecule has 0 aliphatic carbocycles. The van der Waals surface area contributed by atoms with Crippen LogP contribution in [0.5, 0.6) is 17.2 Å². The fourth-order valence-corrected chi connectivity index (χ4v) is 3.12. The molecule has 5 rings (SSSR count). The Hall–Kier alpha value is -4.60. The molecule has 4 N–H and O–H groups in total. The predicted octanol–water partition coefficient (Wildman–Crippen LogP) is 3.12. The number of hydrogen-bond donors (Lipinski definition) is 3. The van der Waals surface area contributed by atoms with Crippen LogP contribution < -0.4 is 20.6 Å². The van der Waals surface area contributed by atoms with Crippen LogP contribution in [-0.2, 0) is 0 Å². The molecule has 0 spiro atoms. The number of anilines is 1. The van der Waals surface area contributed by atoms with Gasteiger partial charge in [0.1, 0.15) is 23.9 Å². The Morgan fingerprint density at radius 3 is 2.50 bits per heavy atom. The van der Waals surface area contributed by atoms with Crippen molar-refractivity contribution in [2.75, 3.05) is 20.0 Å². The molecule has 0 amide bonds. The van der Waals surface area contributed by atoms with Crippen molar-refractivity contribution >= 4 is 28.0 Å². The maximum Gasteiger partial charge on any atom is 0.204 e. The van der Waals surface area contributed by atoms with Gasteiger partial charge in [0.15, 0.2) is 22.8 Å². The highest BCUT2D eigenvalue weighted by Gasteiger charge is 2.15. The van der Waals surface area contributed by atoms with Crippen LogP contribution in [0.3, 0.4) is 0 Å². The van der Waals surface area contributed by atoms with E-state index in [1.165, 1.54) is 38.2 Å². The third-order valence-electron chi connectivity index (χ3n) is 4.73. The maximum atomic E-state index is 12.6. The highest BCUT2D eigenvalue weighted by Crippen LogP contribution is 2.34. The number of H-pyrrole nitrogens is 1. The van der Waals surface area contributed by atoms with E-state index in [-0.39, 0.29) is 22.5 Å². The molecule has 0 saturated carbocycles. The van der Waals surface area contributed by atoms with Gasteiger partial charge >= 0.3 is 0 Å². The zero-order valence-electron chi connectivity index (χ0n) is 17.2. The number of aromatic hydroxyl groups is 1. The van der Waals surface area contributed by atoms with Crippen LogP contribution in [0.15, 0.2) is 64.5 Å². The molecule has 0 aliphatic rings. The van der Waals surface area contributed by atoms with Crippen LogP contribution in [0, 0.1) is 0 Å². The summed E-state index contributed by atoms with van der Waals surface area (Å²) in [5.41, 5.74) is 7.97. The van der Waals surface area contributed by atoms with Gasteiger partial charge in [-0.05, 0) is 29.8 Å². The monoisotopic (exact) mass is 433 g/mol. The Bertz CT molecular complexity index is 1440. The van der Waals surface area contributed by atoms with Gasteiger partial charge in [0.2, 0.25) is 11.2 Å². The minimum Gasteiger partial charge on any atom is -0.504 e. The summed E-state index contributed by atoms with van der Waals surface area (Å²) < 4.78 is 15.7. The molecule has 32 heavy (non-hydrogen) atoms. The average Bonchev–Trinajstić information content (AvgIpc) is 3.30. The van der Waals surface area contributed by atoms with Crippen LogP contribution in [0.1, 0.15) is 0 Å². The second kappa shape index (κ2) is 8.64. The summed E-state index contributed by atoms with van der Waals surface area (Å²) in [4.78, 5) is 27.0. The zero-order chi connectivity index (χ0) is 22.7. The van der Waals surface area contributed by atoms with Gasteiger partial charge in [-0.1, -0.05) is 12.1 Å².